The molecule has 248 valence electrons. The van der Waals surface area contributed by atoms with E-state index in [1.54, 1.807) is 27.7 Å². The number of rotatable bonds is 10. The van der Waals surface area contributed by atoms with Crippen molar-refractivity contribution in [2.24, 2.45) is 0 Å². The van der Waals surface area contributed by atoms with Crippen LogP contribution in [0.2, 0.25) is 0 Å². The lowest BCUT2D eigenvalue weighted by Gasteiger charge is -2.18. The van der Waals surface area contributed by atoms with Crippen molar-refractivity contribution in [1.82, 2.24) is 20.4 Å². The van der Waals surface area contributed by atoms with E-state index < -0.39 is 45.1 Å². The summed E-state index contributed by atoms with van der Waals surface area (Å²) in [7, 11) is 1.81. The monoisotopic (exact) mass is 807 g/mol. The Balaban J connectivity index is 0. The molecular weight excluding hydrogens is 781 g/mol. The first-order chi connectivity index (χ1) is 19.3. The molecule has 0 aliphatic carbocycles. The van der Waals surface area contributed by atoms with Gasteiger partial charge in [-0.25, -0.2) is 0 Å². The first kappa shape index (κ1) is 42.5. The molecule has 0 amide bonds. The molecule has 4 atom stereocenters. The minimum atomic E-state index is -4.31. The lowest BCUT2D eigenvalue weighted by atomic mass is 10.5. The zero-order valence-electron chi connectivity index (χ0n) is 23.3. The van der Waals surface area contributed by atoms with Gasteiger partial charge in [-0.1, -0.05) is 60.3 Å². The number of aromatic nitrogens is 4. The molecule has 42 heavy (non-hydrogen) atoms. The molecule has 0 fully saturated rings. The van der Waals surface area contributed by atoms with Gasteiger partial charge in [0.05, 0.1) is 16.0 Å². The summed E-state index contributed by atoms with van der Waals surface area (Å²) in [6.07, 6.45) is 0. The Morgan fingerprint density at radius 3 is 1.69 bits per heavy atom. The Bertz CT molecular complexity index is 1230. The van der Waals surface area contributed by atoms with Gasteiger partial charge in [-0.2, -0.15) is 34.8 Å². The largest absolute Gasteiger partial charge is 0.441 e. The summed E-state index contributed by atoms with van der Waals surface area (Å²) in [6.45, 7) is 8.95. The lowest BCUT2D eigenvalue weighted by molar-refractivity contribution is -0.0335. The Kier molecular flexibility index (Phi) is 20.9. The van der Waals surface area contributed by atoms with Gasteiger partial charge >= 0.3 is 19.3 Å². The van der Waals surface area contributed by atoms with Gasteiger partial charge in [0, 0.05) is 56.5 Å². The number of thioether (sulfide) groups is 2. The second-order valence-corrected chi connectivity index (χ2v) is 20.1. The van der Waals surface area contributed by atoms with Gasteiger partial charge in [-0.3, -0.25) is 8.42 Å². The molecule has 0 spiro atoms. The minimum Gasteiger partial charge on any atom is -0.259 e. The maximum atomic E-state index is 11.9. The highest BCUT2D eigenvalue weighted by atomic mass is 36.0. The van der Waals surface area contributed by atoms with E-state index in [9.17, 15) is 34.8 Å². The van der Waals surface area contributed by atoms with E-state index in [0.29, 0.717) is 21.9 Å². The number of aryl methyl sites for hydroxylation is 2. The topological polar surface area (TPSA) is 120 Å². The second kappa shape index (κ2) is 20.6. The van der Waals surface area contributed by atoms with E-state index in [-0.39, 0.29) is 51.8 Å². The predicted molar refractivity (Wildman–Crippen MR) is 166 cm³/mol. The Labute approximate surface area is 277 Å². The molecule has 2 heterocycles. The van der Waals surface area contributed by atoms with Gasteiger partial charge in [0.15, 0.2) is 9.21 Å². The fourth-order valence-corrected chi connectivity index (χ4v) is 8.15. The summed E-state index contributed by atoms with van der Waals surface area (Å²) in [5.74, 6) is -0.638. The third kappa shape index (κ3) is 22.9. The fraction of sp³-hybridized carbons (Fsp3) is 0.778. The molecule has 0 N–H and O–H groups in total. The van der Waals surface area contributed by atoms with Gasteiger partial charge in [0.2, 0.25) is 0 Å². The van der Waals surface area contributed by atoms with Crippen LogP contribution in [-0.4, -0.2) is 71.3 Å². The number of nitrogens with zero attached hydrogens (tertiary/aromatic N) is 4. The molecule has 8 nitrogen and oxygen atoms in total. The Hall–Kier alpha value is 0.520. The van der Waals surface area contributed by atoms with Crippen LogP contribution in [0.4, 0.5) is 26.3 Å². The van der Waals surface area contributed by atoms with E-state index in [4.69, 9.17) is 21.4 Å². The summed E-state index contributed by atoms with van der Waals surface area (Å²) < 4.78 is 118. The van der Waals surface area contributed by atoms with Crippen LogP contribution in [-0.2, 0) is 34.1 Å². The normalized spacial score (nSPS) is 15.7. The van der Waals surface area contributed by atoms with Crippen molar-refractivity contribution in [3.05, 3.63) is 20.0 Å². The van der Waals surface area contributed by atoms with Crippen LogP contribution in [0.1, 0.15) is 54.3 Å². The summed E-state index contributed by atoms with van der Waals surface area (Å²) in [5, 5.41) is 17.2. The minimum absolute atomic E-state index is 0.00394. The summed E-state index contributed by atoms with van der Waals surface area (Å²) in [4.78, 5) is 0. The van der Waals surface area contributed by atoms with Crippen LogP contribution >= 0.6 is 79.2 Å². The zero-order chi connectivity index (χ0) is 34.2. The van der Waals surface area contributed by atoms with Crippen molar-refractivity contribution in [3.63, 3.8) is 0 Å². The van der Waals surface area contributed by atoms with Crippen LogP contribution < -0.4 is 0 Å². The Morgan fingerprint density at radius 1 is 0.929 bits per heavy atom. The Morgan fingerprint density at radius 2 is 1.33 bits per heavy atom. The highest BCUT2D eigenvalue weighted by molar-refractivity contribution is 8.31. The average Bonchev–Trinajstić information content (AvgIpc) is 3.45. The summed E-state index contributed by atoms with van der Waals surface area (Å²) in [5.41, 5.74) is -8.57. The van der Waals surface area contributed by atoms with E-state index in [0.717, 1.165) is 5.01 Å². The first-order valence-electron chi connectivity index (χ1n) is 11.4. The highest BCUT2D eigenvalue weighted by Gasteiger charge is 2.36. The van der Waals surface area contributed by atoms with Crippen LogP contribution in [0, 0.1) is 13.8 Å². The average molecular weight is 809 g/mol. The number of halogens is 9. The SMILES string of the molecule is Cc1nnc(C(C)(Cl)S(=O)CCSC(F)(F)F)s1.Cc1nnc(C(C)S(=O)CCSC(F)(F)F)s1.O=S(=O)(Cl)Cl.[2H]CC. The fourth-order valence-electron chi connectivity index (χ4n) is 2.00. The van der Waals surface area contributed by atoms with Crippen molar-refractivity contribution in [2.45, 2.75) is 62.0 Å². The van der Waals surface area contributed by atoms with Crippen molar-refractivity contribution in [1.29, 1.82) is 0 Å². The molecule has 0 aliphatic rings. The number of hydrogen-bond acceptors (Lipinski definition) is 12. The van der Waals surface area contributed by atoms with E-state index in [1.165, 1.54) is 29.6 Å². The smallest absolute Gasteiger partial charge is 0.259 e. The predicted octanol–water partition coefficient (Wildman–Crippen LogP) is 7.90. The highest BCUT2D eigenvalue weighted by Crippen LogP contribution is 2.36. The number of alkyl halides is 7. The van der Waals surface area contributed by atoms with Crippen molar-refractivity contribution >= 4 is 109 Å². The molecule has 2 aromatic rings. The van der Waals surface area contributed by atoms with Crippen LogP contribution in [0.25, 0.3) is 0 Å². The van der Waals surface area contributed by atoms with Crippen LogP contribution in [0.3, 0.4) is 0 Å². The van der Waals surface area contributed by atoms with Crippen molar-refractivity contribution < 1.29 is 44.5 Å². The molecule has 0 saturated heterocycles. The quantitative estimate of drug-likeness (QED) is 0.133. The molecular formula is C18H27Cl3F6N4O4S7. The van der Waals surface area contributed by atoms with Gasteiger partial charge in [0.25, 0.3) is 0 Å². The van der Waals surface area contributed by atoms with Gasteiger partial charge < -0.3 is 0 Å². The zero-order valence-corrected chi connectivity index (χ0v) is 30.3. The standard InChI is InChI=1S/C8H10ClF3N2OS3.C8H11F3N2OS3.C2H6.Cl2O2S/c1-5-13-14-6(17-5)7(2,9)18(15)4-3-16-8(10,11)12;1-5(7-13-12-6(2)16-7)17(14)4-3-15-8(9,10)11;1-2;1-5(2,3)4/h3-4H2,1-2H3;5H,3-4H2,1-2H3;1-2H3;/i;;1D;. The molecule has 2 rings (SSSR count). The first-order valence-corrected chi connectivity index (χ1v) is 20.6. The number of hydrogen-bond donors (Lipinski definition) is 0. The van der Waals surface area contributed by atoms with E-state index >= 15 is 0 Å². The molecule has 0 bridgehead atoms. The lowest BCUT2D eigenvalue weighted by Crippen LogP contribution is -2.24. The van der Waals surface area contributed by atoms with E-state index in [2.05, 4.69) is 41.8 Å². The van der Waals surface area contributed by atoms with Crippen molar-refractivity contribution in [2.75, 3.05) is 23.0 Å². The molecule has 0 aromatic carbocycles. The maximum Gasteiger partial charge on any atom is 0.441 e. The molecule has 0 aliphatic heterocycles. The van der Waals surface area contributed by atoms with Crippen LogP contribution in [0.15, 0.2) is 0 Å². The van der Waals surface area contributed by atoms with Gasteiger partial charge in [0.1, 0.15) is 15.0 Å². The molecule has 0 saturated carbocycles. The maximum absolute atomic E-state index is 11.9. The summed E-state index contributed by atoms with van der Waals surface area (Å²) in [6, 6.07) is 0. The molecule has 4 unspecified atom stereocenters. The third-order valence-corrected chi connectivity index (χ3v) is 12.1. The van der Waals surface area contributed by atoms with Gasteiger partial charge in [-0.05, 0) is 27.7 Å². The van der Waals surface area contributed by atoms with Gasteiger partial charge in [-0.15, -0.1) is 31.7 Å². The third-order valence-electron chi connectivity index (χ3n) is 3.70. The molecule has 2 aromatic heterocycles. The van der Waals surface area contributed by atoms with E-state index in [1.807, 2.05) is 0 Å². The second-order valence-electron chi connectivity index (χ2n) is 6.95. The molecule has 0 radical (unpaired) electrons. The molecule has 24 heteroatoms. The van der Waals surface area contributed by atoms with Crippen LogP contribution in [0.5, 0.6) is 0 Å². The summed E-state index contributed by atoms with van der Waals surface area (Å²) >= 11 is 8.25. The van der Waals surface area contributed by atoms with Crippen molar-refractivity contribution in [3.8, 4) is 0 Å².